The van der Waals surface area contributed by atoms with Gasteiger partial charge in [0, 0.05) is 26.3 Å². The summed E-state index contributed by atoms with van der Waals surface area (Å²) >= 11 is 6.07. The summed E-state index contributed by atoms with van der Waals surface area (Å²) in [5.41, 5.74) is 0.424. The van der Waals surface area contributed by atoms with Crippen LogP contribution in [-0.2, 0) is 0 Å². The summed E-state index contributed by atoms with van der Waals surface area (Å²) in [4.78, 5) is 17.7. The summed E-state index contributed by atoms with van der Waals surface area (Å²) in [7, 11) is 1.65. The lowest BCUT2D eigenvalue weighted by Gasteiger charge is -2.16. The molecular weight excluding hydrogens is 264 g/mol. The minimum absolute atomic E-state index is 0.188. The van der Waals surface area contributed by atoms with E-state index in [2.05, 4.69) is 10.3 Å². The Morgan fingerprint density at radius 2 is 2.37 bits per heavy atom. The van der Waals surface area contributed by atoms with Gasteiger partial charge in [-0.05, 0) is 12.5 Å². The van der Waals surface area contributed by atoms with Crippen LogP contribution in [0.25, 0.3) is 0 Å². The average Bonchev–Trinajstić information content (AvgIpc) is 2.42. The zero-order chi connectivity index (χ0) is 14.3. The third kappa shape index (κ3) is 4.42. The van der Waals surface area contributed by atoms with Crippen molar-refractivity contribution < 1.29 is 4.79 Å². The molecule has 0 saturated heterocycles. The zero-order valence-corrected chi connectivity index (χ0v) is 11.9. The van der Waals surface area contributed by atoms with Crippen LogP contribution < -0.4 is 5.32 Å². The topological polar surface area (TPSA) is 69.0 Å². The number of nitriles is 1. The van der Waals surface area contributed by atoms with E-state index in [0.29, 0.717) is 29.4 Å². The number of carbonyl (C=O) groups excluding carboxylic acids is 1. The second kappa shape index (κ2) is 7.59. The normalized spacial score (nSPS) is 9.79. The Labute approximate surface area is 118 Å². The molecule has 0 aliphatic heterocycles. The lowest BCUT2D eigenvalue weighted by atomic mass is 10.2. The highest BCUT2D eigenvalue weighted by Gasteiger charge is 2.13. The molecule has 1 aromatic rings. The fourth-order valence-corrected chi connectivity index (χ4v) is 1.70. The molecule has 0 aromatic carbocycles. The van der Waals surface area contributed by atoms with Gasteiger partial charge in [-0.1, -0.05) is 18.5 Å². The molecule has 0 unspecified atom stereocenters. The van der Waals surface area contributed by atoms with Gasteiger partial charge in [0.05, 0.1) is 23.1 Å². The molecule has 0 spiro atoms. The fourth-order valence-electron chi connectivity index (χ4n) is 1.47. The Morgan fingerprint density at radius 3 is 2.95 bits per heavy atom. The van der Waals surface area contributed by atoms with Crippen molar-refractivity contribution in [3.63, 3.8) is 0 Å². The summed E-state index contributed by atoms with van der Waals surface area (Å²) in [6.07, 6.45) is 2.77. The predicted molar refractivity (Wildman–Crippen MR) is 75.2 cm³/mol. The minimum atomic E-state index is -0.188. The number of anilines is 1. The maximum absolute atomic E-state index is 12.0. The highest BCUT2D eigenvalue weighted by molar-refractivity contribution is 6.33. The van der Waals surface area contributed by atoms with Gasteiger partial charge < -0.3 is 10.2 Å². The quantitative estimate of drug-likeness (QED) is 0.869. The van der Waals surface area contributed by atoms with Crippen molar-refractivity contribution in [1.82, 2.24) is 9.88 Å². The first-order valence-electron chi connectivity index (χ1n) is 6.12. The van der Waals surface area contributed by atoms with Crippen LogP contribution in [0.2, 0.25) is 5.02 Å². The van der Waals surface area contributed by atoms with E-state index in [1.807, 2.05) is 13.0 Å². The van der Waals surface area contributed by atoms with Crippen molar-refractivity contribution in [2.45, 2.75) is 19.8 Å². The monoisotopic (exact) mass is 280 g/mol. The van der Waals surface area contributed by atoms with Gasteiger partial charge in [-0.3, -0.25) is 4.79 Å². The molecule has 0 atom stereocenters. The Hall–Kier alpha value is -1.80. The number of halogens is 1. The Morgan fingerprint density at radius 1 is 1.63 bits per heavy atom. The van der Waals surface area contributed by atoms with Crippen LogP contribution in [0, 0.1) is 11.3 Å². The first-order valence-corrected chi connectivity index (χ1v) is 6.49. The van der Waals surface area contributed by atoms with E-state index in [1.54, 1.807) is 13.1 Å². The molecule has 19 heavy (non-hydrogen) atoms. The second-order valence-corrected chi connectivity index (χ2v) is 4.52. The fraction of sp³-hybridized carbons (Fsp3) is 0.462. The van der Waals surface area contributed by atoms with Crippen molar-refractivity contribution in [1.29, 1.82) is 5.26 Å². The first kappa shape index (κ1) is 15.3. The van der Waals surface area contributed by atoms with Crippen molar-refractivity contribution in [2.24, 2.45) is 0 Å². The maximum Gasteiger partial charge on any atom is 0.255 e. The molecule has 0 saturated carbocycles. The Kier molecular flexibility index (Phi) is 6.10. The molecule has 0 radical (unpaired) electrons. The molecule has 1 rings (SSSR count). The molecule has 5 nitrogen and oxygen atoms in total. The number of hydrogen-bond acceptors (Lipinski definition) is 4. The van der Waals surface area contributed by atoms with E-state index in [-0.39, 0.29) is 5.91 Å². The molecule has 1 aromatic heterocycles. The van der Waals surface area contributed by atoms with Gasteiger partial charge in [0.1, 0.15) is 5.82 Å². The molecule has 0 bridgehead atoms. The van der Waals surface area contributed by atoms with E-state index in [9.17, 15) is 4.79 Å². The standard InChI is InChI=1S/C13H17ClN4O/c1-3-6-16-12-11(14)8-10(9-17-12)13(19)18(2)7-4-5-15/h8-9H,3-4,6-7H2,1-2H3,(H,16,17). The highest BCUT2D eigenvalue weighted by Crippen LogP contribution is 2.20. The third-order valence-corrected chi connectivity index (χ3v) is 2.82. The number of hydrogen-bond donors (Lipinski definition) is 1. The zero-order valence-electron chi connectivity index (χ0n) is 11.1. The maximum atomic E-state index is 12.0. The summed E-state index contributed by atoms with van der Waals surface area (Å²) in [5, 5.41) is 12.0. The molecule has 6 heteroatoms. The number of carbonyl (C=O) groups is 1. The van der Waals surface area contributed by atoms with Gasteiger partial charge in [0.2, 0.25) is 0 Å². The van der Waals surface area contributed by atoms with Crippen LogP contribution in [0.4, 0.5) is 5.82 Å². The summed E-state index contributed by atoms with van der Waals surface area (Å²) in [6.45, 7) is 3.22. The van der Waals surface area contributed by atoms with Gasteiger partial charge in [0.25, 0.3) is 5.91 Å². The largest absolute Gasteiger partial charge is 0.369 e. The Balaban J connectivity index is 2.77. The van der Waals surface area contributed by atoms with Crippen molar-refractivity contribution >= 4 is 23.3 Å². The molecule has 0 aliphatic carbocycles. The molecule has 0 aliphatic rings. The molecule has 1 heterocycles. The molecule has 1 amide bonds. The van der Waals surface area contributed by atoms with Crippen LogP contribution in [0.1, 0.15) is 30.1 Å². The van der Waals surface area contributed by atoms with E-state index in [4.69, 9.17) is 16.9 Å². The number of pyridine rings is 1. The average molecular weight is 281 g/mol. The number of amides is 1. The van der Waals surface area contributed by atoms with Crippen LogP contribution in [0.15, 0.2) is 12.3 Å². The second-order valence-electron chi connectivity index (χ2n) is 4.12. The lowest BCUT2D eigenvalue weighted by molar-refractivity contribution is 0.0797. The Bertz CT molecular complexity index is 484. The van der Waals surface area contributed by atoms with Gasteiger partial charge in [-0.2, -0.15) is 5.26 Å². The van der Waals surface area contributed by atoms with Crippen LogP contribution in [0.3, 0.4) is 0 Å². The van der Waals surface area contributed by atoms with E-state index in [0.717, 1.165) is 13.0 Å². The first-order chi connectivity index (χ1) is 9.10. The number of rotatable bonds is 6. The van der Waals surface area contributed by atoms with Crippen molar-refractivity contribution in [3.8, 4) is 6.07 Å². The van der Waals surface area contributed by atoms with E-state index in [1.165, 1.54) is 11.1 Å². The lowest BCUT2D eigenvalue weighted by Crippen LogP contribution is -2.27. The summed E-state index contributed by atoms with van der Waals surface area (Å²) in [6, 6.07) is 3.60. The van der Waals surface area contributed by atoms with Crippen LogP contribution in [-0.4, -0.2) is 35.9 Å². The van der Waals surface area contributed by atoms with Gasteiger partial charge in [-0.15, -0.1) is 0 Å². The smallest absolute Gasteiger partial charge is 0.255 e. The SMILES string of the molecule is CCCNc1ncc(C(=O)N(C)CCC#N)cc1Cl. The number of nitrogens with zero attached hydrogens (tertiary/aromatic N) is 3. The molecular formula is C13H17ClN4O. The molecule has 1 N–H and O–H groups in total. The number of aromatic nitrogens is 1. The summed E-state index contributed by atoms with van der Waals surface area (Å²) < 4.78 is 0. The van der Waals surface area contributed by atoms with Crippen LogP contribution >= 0.6 is 11.6 Å². The molecule has 0 fully saturated rings. The van der Waals surface area contributed by atoms with Crippen molar-refractivity contribution in [2.75, 3.05) is 25.5 Å². The van der Waals surface area contributed by atoms with Crippen LogP contribution in [0.5, 0.6) is 0 Å². The minimum Gasteiger partial charge on any atom is -0.369 e. The van der Waals surface area contributed by atoms with Crippen molar-refractivity contribution in [3.05, 3.63) is 22.8 Å². The van der Waals surface area contributed by atoms with Gasteiger partial charge in [-0.25, -0.2) is 4.98 Å². The molecule has 102 valence electrons. The predicted octanol–water partition coefficient (Wildman–Crippen LogP) is 2.54. The number of nitrogens with one attached hydrogen (secondary N) is 1. The highest BCUT2D eigenvalue weighted by atomic mass is 35.5. The van der Waals surface area contributed by atoms with Gasteiger partial charge >= 0.3 is 0 Å². The van der Waals surface area contributed by atoms with E-state index < -0.39 is 0 Å². The van der Waals surface area contributed by atoms with Gasteiger partial charge in [0.15, 0.2) is 0 Å². The van der Waals surface area contributed by atoms with E-state index >= 15 is 0 Å². The third-order valence-electron chi connectivity index (χ3n) is 2.54. The summed E-state index contributed by atoms with van der Waals surface area (Å²) in [5.74, 6) is 0.395.